The van der Waals surface area contributed by atoms with Gasteiger partial charge in [0.15, 0.2) is 0 Å². The first-order valence-electron chi connectivity index (χ1n) is 8.19. The van der Waals surface area contributed by atoms with E-state index in [0.717, 1.165) is 19.9 Å². The van der Waals surface area contributed by atoms with Gasteiger partial charge in [-0.1, -0.05) is 42.5 Å². The summed E-state index contributed by atoms with van der Waals surface area (Å²) in [6, 6.07) is 20.4. The number of esters is 1. The monoisotopic (exact) mass is 459 g/mol. The summed E-state index contributed by atoms with van der Waals surface area (Å²) in [7, 11) is 1.33. The number of methoxy groups -OCH3 is 1. The fraction of sp³-hybridized carbons (Fsp3) is 0.143. The Morgan fingerprint density at radius 2 is 1.77 bits per heavy atom. The zero-order chi connectivity index (χ0) is 18.5. The van der Waals surface area contributed by atoms with Crippen molar-refractivity contribution in [3.63, 3.8) is 0 Å². The van der Waals surface area contributed by atoms with Crippen molar-refractivity contribution in [2.75, 3.05) is 7.11 Å². The van der Waals surface area contributed by atoms with Crippen LogP contribution < -0.4 is 5.32 Å². The summed E-state index contributed by atoms with van der Waals surface area (Å²) in [5.74, 6) is -0.755. The van der Waals surface area contributed by atoms with Gasteiger partial charge in [0.05, 0.1) is 7.11 Å². The van der Waals surface area contributed by atoms with Crippen molar-refractivity contribution in [1.82, 2.24) is 5.32 Å². The SMILES string of the molecule is COC(=O)[C@@H](Cc1cccc(I)c1)NC(=O)c1ccc2ccccc2c1. The molecule has 5 heteroatoms. The number of hydrogen-bond donors (Lipinski definition) is 1. The minimum absolute atomic E-state index is 0.295. The number of nitrogens with one attached hydrogen (secondary N) is 1. The number of benzene rings is 3. The van der Waals surface area contributed by atoms with E-state index in [2.05, 4.69) is 27.9 Å². The topological polar surface area (TPSA) is 55.4 Å². The Labute approximate surface area is 165 Å². The smallest absolute Gasteiger partial charge is 0.328 e. The van der Waals surface area contributed by atoms with Gasteiger partial charge in [-0.15, -0.1) is 0 Å². The van der Waals surface area contributed by atoms with Crippen LogP contribution in [0.3, 0.4) is 0 Å². The Kier molecular flexibility index (Phi) is 5.88. The van der Waals surface area contributed by atoms with Crippen LogP contribution in [-0.2, 0) is 16.0 Å². The second-order valence-electron chi connectivity index (χ2n) is 5.95. The van der Waals surface area contributed by atoms with E-state index in [1.165, 1.54) is 7.11 Å². The lowest BCUT2D eigenvalue weighted by Crippen LogP contribution is -2.43. The normalized spacial score (nSPS) is 11.8. The van der Waals surface area contributed by atoms with Crippen molar-refractivity contribution >= 4 is 45.2 Å². The average molecular weight is 459 g/mol. The lowest BCUT2D eigenvalue weighted by atomic mass is 10.0. The molecule has 0 radical (unpaired) electrons. The fourth-order valence-electron chi connectivity index (χ4n) is 2.81. The van der Waals surface area contributed by atoms with E-state index in [4.69, 9.17) is 4.74 Å². The number of fused-ring (bicyclic) bond motifs is 1. The van der Waals surface area contributed by atoms with E-state index < -0.39 is 12.0 Å². The first-order valence-corrected chi connectivity index (χ1v) is 9.26. The predicted molar refractivity (Wildman–Crippen MR) is 110 cm³/mol. The van der Waals surface area contributed by atoms with Gasteiger partial charge in [-0.25, -0.2) is 4.79 Å². The van der Waals surface area contributed by atoms with Crippen LogP contribution in [-0.4, -0.2) is 25.0 Å². The molecule has 0 bridgehead atoms. The van der Waals surface area contributed by atoms with Gasteiger partial charge in [0.2, 0.25) is 0 Å². The van der Waals surface area contributed by atoms with Crippen molar-refractivity contribution in [1.29, 1.82) is 0 Å². The lowest BCUT2D eigenvalue weighted by Gasteiger charge is -2.17. The maximum atomic E-state index is 12.7. The van der Waals surface area contributed by atoms with Crippen LogP contribution in [0.25, 0.3) is 10.8 Å². The molecule has 0 saturated carbocycles. The zero-order valence-corrected chi connectivity index (χ0v) is 16.4. The summed E-state index contributed by atoms with van der Waals surface area (Å²) in [4.78, 5) is 24.8. The molecule has 3 aromatic carbocycles. The highest BCUT2D eigenvalue weighted by molar-refractivity contribution is 14.1. The molecule has 0 spiro atoms. The van der Waals surface area contributed by atoms with E-state index in [1.807, 2.05) is 60.7 Å². The first kappa shape index (κ1) is 18.4. The Balaban J connectivity index is 1.80. The highest BCUT2D eigenvalue weighted by Crippen LogP contribution is 2.16. The summed E-state index contributed by atoms with van der Waals surface area (Å²) < 4.78 is 5.94. The maximum absolute atomic E-state index is 12.7. The van der Waals surface area contributed by atoms with Gasteiger partial charge in [0, 0.05) is 15.6 Å². The van der Waals surface area contributed by atoms with Gasteiger partial charge < -0.3 is 10.1 Å². The van der Waals surface area contributed by atoms with E-state index >= 15 is 0 Å². The molecule has 0 saturated heterocycles. The molecule has 3 rings (SSSR count). The molecule has 0 fully saturated rings. The first-order chi connectivity index (χ1) is 12.6. The van der Waals surface area contributed by atoms with Crippen molar-refractivity contribution in [2.45, 2.75) is 12.5 Å². The summed E-state index contributed by atoms with van der Waals surface area (Å²) >= 11 is 2.22. The quantitative estimate of drug-likeness (QED) is 0.465. The van der Waals surface area contributed by atoms with Crippen molar-refractivity contribution in [3.05, 3.63) is 81.4 Å². The number of ether oxygens (including phenoxy) is 1. The Morgan fingerprint density at radius 3 is 2.50 bits per heavy atom. The number of amides is 1. The van der Waals surface area contributed by atoms with E-state index in [1.54, 1.807) is 6.07 Å². The molecular formula is C21H18INO3. The van der Waals surface area contributed by atoms with Gasteiger partial charge in [-0.05, 0) is 63.2 Å². The molecule has 4 nitrogen and oxygen atoms in total. The van der Waals surface area contributed by atoms with Gasteiger partial charge >= 0.3 is 5.97 Å². The molecule has 0 aliphatic heterocycles. The molecule has 0 aliphatic rings. The summed E-state index contributed by atoms with van der Waals surface area (Å²) in [5, 5.41) is 4.84. The van der Waals surface area contributed by atoms with E-state index in [0.29, 0.717) is 12.0 Å². The molecule has 1 atom stereocenters. The minimum atomic E-state index is -0.739. The number of rotatable bonds is 5. The third kappa shape index (κ3) is 4.40. The maximum Gasteiger partial charge on any atom is 0.328 e. The average Bonchev–Trinajstić information content (AvgIpc) is 2.66. The zero-order valence-electron chi connectivity index (χ0n) is 14.2. The molecule has 0 aliphatic carbocycles. The predicted octanol–water partition coefficient (Wildman–Crippen LogP) is 3.96. The van der Waals surface area contributed by atoms with Crippen LogP contribution in [0.15, 0.2) is 66.7 Å². The third-order valence-electron chi connectivity index (χ3n) is 4.13. The van der Waals surface area contributed by atoms with Crippen LogP contribution in [0.4, 0.5) is 0 Å². The van der Waals surface area contributed by atoms with E-state index in [9.17, 15) is 9.59 Å². The third-order valence-corrected chi connectivity index (χ3v) is 4.80. The molecule has 1 N–H and O–H groups in total. The van der Waals surface area contributed by atoms with E-state index in [-0.39, 0.29) is 5.91 Å². The number of carbonyl (C=O) groups excluding carboxylic acids is 2. The van der Waals surface area contributed by atoms with Crippen molar-refractivity contribution in [3.8, 4) is 0 Å². The van der Waals surface area contributed by atoms with Gasteiger partial charge in [-0.2, -0.15) is 0 Å². The fourth-order valence-corrected chi connectivity index (χ4v) is 3.41. The number of halogens is 1. The van der Waals surface area contributed by atoms with Crippen molar-refractivity contribution in [2.24, 2.45) is 0 Å². The Bertz CT molecular complexity index is 955. The molecule has 132 valence electrons. The van der Waals surface area contributed by atoms with Crippen LogP contribution in [0.5, 0.6) is 0 Å². The highest BCUT2D eigenvalue weighted by atomic mass is 127. The largest absolute Gasteiger partial charge is 0.467 e. The standard InChI is InChI=1S/C21H18INO3/c1-26-21(25)19(12-14-5-4-8-18(22)11-14)23-20(24)17-10-9-15-6-2-3-7-16(15)13-17/h2-11,13,19H,12H2,1H3,(H,23,24)/t19-/m1/s1. The summed E-state index contributed by atoms with van der Waals surface area (Å²) in [6.45, 7) is 0. The lowest BCUT2D eigenvalue weighted by molar-refractivity contribution is -0.142. The summed E-state index contributed by atoms with van der Waals surface area (Å²) in [6.07, 6.45) is 0.378. The molecular weight excluding hydrogens is 441 g/mol. The second kappa shape index (κ2) is 8.31. The number of carbonyl (C=O) groups is 2. The molecule has 1 amide bonds. The molecule has 0 unspecified atom stereocenters. The van der Waals surface area contributed by atoms with Gasteiger partial charge in [-0.3, -0.25) is 4.79 Å². The summed E-state index contributed by atoms with van der Waals surface area (Å²) in [5.41, 5.74) is 1.48. The van der Waals surface area contributed by atoms with Gasteiger partial charge in [0.1, 0.15) is 6.04 Å². The molecule has 0 aromatic heterocycles. The molecule has 0 heterocycles. The molecule has 26 heavy (non-hydrogen) atoms. The molecule has 3 aromatic rings. The van der Waals surface area contributed by atoms with Gasteiger partial charge in [0.25, 0.3) is 5.91 Å². The Morgan fingerprint density at radius 1 is 1.00 bits per heavy atom. The minimum Gasteiger partial charge on any atom is -0.467 e. The van der Waals surface area contributed by atoms with Crippen LogP contribution in [0.2, 0.25) is 0 Å². The van der Waals surface area contributed by atoms with Crippen LogP contribution >= 0.6 is 22.6 Å². The Hall–Kier alpha value is -2.41. The second-order valence-corrected chi connectivity index (χ2v) is 7.19. The number of hydrogen-bond acceptors (Lipinski definition) is 3. The van der Waals surface area contributed by atoms with Crippen molar-refractivity contribution < 1.29 is 14.3 Å². The van der Waals surface area contributed by atoms with Crippen LogP contribution in [0, 0.1) is 3.57 Å². The highest BCUT2D eigenvalue weighted by Gasteiger charge is 2.22. The van der Waals surface area contributed by atoms with Crippen LogP contribution in [0.1, 0.15) is 15.9 Å².